The molecule has 1 aliphatic rings. The Bertz CT molecular complexity index is 1540. The lowest BCUT2D eigenvalue weighted by Crippen LogP contribution is -2.47. The van der Waals surface area contributed by atoms with Gasteiger partial charge in [0.05, 0.1) is 35.4 Å². The van der Waals surface area contributed by atoms with Crippen LogP contribution in [0.4, 0.5) is 0 Å². The molecule has 0 aliphatic carbocycles. The van der Waals surface area contributed by atoms with E-state index in [1.54, 1.807) is 23.6 Å². The lowest BCUT2D eigenvalue weighted by Gasteiger charge is -2.29. The van der Waals surface area contributed by atoms with Crippen molar-refractivity contribution in [1.29, 1.82) is 0 Å². The average molecular weight is 601 g/mol. The van der Waals surface area contributed by atoms with Crippen molar-refractivity contribution in [1.82, 2.24) is 19.8 Å². The highest BCUT2D eigenvalue weighted by Gasteiger charge is 2.41. The number of halogens is 1. The fourth-order valence-electron chi connectivity index (χ4n) is 5.26. The Morgan fingerprint density at radius 1 is 1.24 bits per heavy atom. The fourth-order valence-corrected chi connectivity index (χ4v) is 5.80. The van der Waals surface area contributed by atoms with Crippen molar-refractivity contribution >= 4 is 46.1 Å². The number of pyridine rings is 2. The summed E-state index contributed by atoms with van der Waals surface area (Å²) in [5, 5.41) is 16.2. The van der Waals surface area contributed by atoms with Crippen LogP contribution in [-0.2, 0) is 39.5 Å². The van der Waals surface area contributed by atoms with Gasteiger partial charge < -0.3 is 24.6 Å². The van der Waals surface area contributed by atoms with Crippen molar-refractivity contribution < 1.29 is 19.4 Å². The van der Waals surface area contributed by atoms with Gasteiger partial charge in [-0.05, 0) is 57.0 Å². The van der Waals surface area contributed by atoms with E-state index in [4.69, 9.17) is 21.3 Å². The summed E-state index contributed by atoms with van der Waals surface area (Å²) >= 11 is 7.80. The van der Waals surface area contributed by atoms with Gasteiger partial charge in [0.15, 0.2) is 5.60 Å². The number of aliphatic hydroxyl groups is 1. The number of esters is 1. The molecular formula is C30H37ClN4O5S. The van der Waals surface area contributed by atoms with E-state index in [1.165, 1.54) is 11.8 Å². The number of nitrogens with zero attached hydrogens (tertiary/aromatic N) is 3. The van der Waals surface area contributed by atoms with Crippen molar-refractivity contribution in [2.45, 2.75) is 51.9 Å². The van der Waals surface area contributed by atoms with E-state index in [-0.39, 0.29) is 37.1 Å². The first kappa shape index (κ1) is 31.0. The van der Waals surface area contributed by atoms with Gasteiger partial charge in [-0.15, -0.1) is 0 Å². The Kier molecular flexibility index (Phi) is 9.79. The number of nitrogens with one attached hydrogen (secondary N) is 1. The Morgan fingerprint density at radius 2 is 2.00 bits per heavy atom. The zero-order chi connectivity index (χ0) is 29.9. The standard InChI is InChI=1S/C30H37ClN4O5S/c1-6-19-20-9-8-18(31)14-24(20)33-27-21(19)16-35-25(27)15-23(22(28(35)37)17-40-26(36)10-13-41-5)30(39,7-2)29(38)32-11-12-34(3)4/h8-9,14-15,39H,6-7,10-13,16-17H2,1-5H3,(H,32,38)/t30-/m0/s1. The summed E-state index contributed by atoms with van der Waals surface area (Å²) in [5.41, 5.74) is 1.54. The molecule has 9 nitrogen and oxygen atoms in total. The largest absolute Gasteiger partial charge is 0.461 e. The highest BCUT2D eigenvalue weighted by molar-refractivity contribution is 7.98. The molecule has 1 atom stereocenters. The zero-order valence-electron chi connectivity index (χ0n) is 24.2. The van der Waals surface area contributed by atoms with Crippen LogP contribution in [0.3, 0.4) is 0 Å². The predicted octanol–water partition coefficient (Wildman–Crippen LogP) is 3.71. The molecule has 4 rings (SSSR count). The van der Waals surface area contributed by atoms with E-state index in [9.17, 15) is 19.5 Å². The van der Waals surface area contributed by atoms with E-state index in [2.05, 4.69) is 5.32 Å². The van der Waals surface area contributed by atoms with Gasteiger partial charge in [-0.1, -0.05) is 31.5 Å². The second kappa shape index (κ2) is 12.9. The van der Waals surface area contributed by atoms with Crippen LogP contribution in [0.1, 0.15) is 48.9 Å². The van der Waals surface area contributed by atoms with Crippen LogP contribution in [-0.4, -0.2) is 70.6 Å². The summed E-state index contributed by atoms with van der Waals surface area (Å²) in [5.74, 6) is -0.487. The second-order valence-electron chi connectivity index (χ2n) is 10.4. The van der Waals surface area contributed by atoms with E-state index in [0.717, 1.165) is 16.5 Å². The van der Waals surface area contributed by atoms with Crippen molar-refractivity contribution in [3.63, 3.8) is 0 Å². The minimum absolute atomic E-state index is 0.00490. The minimum atomic E-state index is -2.03. The number of carbonyl (C=O) groups excluding carboxylic acids is 2. The molecule has 220 valence electrons. The molecule has 41 heavy (non-hydrogen) atoms. The maximum Gasteiger partial charge on any atom is 0.306 e. The van der Waals surface area contributed by atoms with Crippen molar-refractivity contribution in [3.8, 4) is 11.4 Å². The number of fused-ring (bicyclic) bond motifs is 4. The van der Waals surface area contributed by atoms with Crippen LogP contribution in [0.5, 0.6) is 0 Å². The lowest BCUT2D eigenvalue weighted by atomic mass is 9.86. The molecule has 0 saturated carbocycles. The van der Waals surface area contributed by atoms with Crippen LogP contribution in [0, 0.1) is 0 Å². The number of benzene rings is 1. The summed E-state index contributed by atoms with van der Waals surface area (Å²) in [6, 6.07) is 7.22. The van der Waals surface area contributed by atoms with Crippen LogP contribution >= 0.6 is 23.4 Å². The average Bonchev–Trinajstić information content (AvgIpc) is 3.31. The third kappa shape index (κ3) is 6.16. The number of carbonyl (C=O) groups is 2. The van der Waals surface area contributed by atoms with Crippen molar-refractivity contribution in [2.75, 3.05) is 39.2 Å². The highest BCUT2D eigenvalue weighted by Crippen LogP contribution is 2.39. The molecule has 2 N–H and O–H groups in total. The van der Waals surface area contributed by atoms with E-state index < -0.39 is 23.0 Å². The smallest absolute Gasteiger partial charge is 0.306 e. The number of aryl methyl sites for hydroxylation is 1. The molecule has 1 aliphatic heterocycles. The van der Waals surface area contributed by atoms with E-state index in [1.807, 2.05) is 44.3 Å². The van der Waals surface area contributed by atoms with Gasteiger partial charge >= 0.3 is 5.97 Å². The molecule has 0 unspecified atom stereocenters. The Hall–Kier alpha value is -2.92. The number of hydrogen-bond donors (Lipinski definition) is 2. The summed E-state index contributed by atoms with van der Waals surface area (Å²) < 4.78 is 7.09. The Morgan fingerprint density at radius 3 is 2.66 bits per heavy atom. The Labute approximate surface area is 249 Å². The maximum absolute atomic E-state index is 14.1. The second-order valence-corrected chi connectivity index (χ2v) is 11.8. The fraction of sp³-hybridized carbons (Fsp3) is 0.467. The molecule has 1 aromatic carbocycles. The van der Waals surface area contributed by atoms with Gasteiger partial charge in [0.2, 0.25) is 0 Å². The summed E-state index contributed by atoms with van der Waals surface area (Å²) in [7, 11) is 3.77. The van der Waals surface area contributed by atoms with E-state index in [0.29, 0.717) is 47.2 Å². The van der Waals surface area contributed by atoms with Crippen molar-refractivity contribution in [3.05, 3.63) is 61.9 Å². The number of ether oxygens (including phenoxy) is 1. The van der Waals surface area contributed by atoms with Gasteiger partial charge in [-0.2, -0.15) is 11.8 Å². The molecule has 0 fully saturated rings. The normalized spacial score (nSPS) is 13.7. The zero-order valence-corrected chi connectivity index (χ0v) is 25.7. The van der Waals surface area contributed by atoms with Crippen LogP contribution in [0.15, 0.2) is 29.1 Å². The van der Waals surface area contributed by atoms with Gasteiger partial charge in [0.25, 0.3) is 11.5 Å². The van der Waals surface area contributed by atoms with Gasteiger partial charge in [-0.25, -0.2) is 4.98 Å². The van der Waals surface area contributed by atoms with Gasteiger partial charge in [0, 0.05) is 40.4 Å². The third-order valence-corrected chi connectivity index (χ3v) is 8.39. The first-order valence-electron chi connectivity index (χ1n) is 13.7. The van der Waals surface area contributed by atoms with Crippen LogP contribution < -0.4 is 10.9 Å². The molecule has 1 amide bonds. The monoisotopic (exact) mass is 600 g/mol. The molecule has 0 spiro atoms. The molecule has 0 bridgehead atoms. The van der Waals surface area contributed by atoms with Crippen LogP contribution in [0.25, 0.3) is 22.3 Å². The quantitative estimate of drug-likeness (QED) is 0.237. The molecule has 2 aromatic heterocycles. The molecule has 0 radical (unpaired) electrons. The maximum atomic E-state index is 14.1. The summed E-state index contributed by atoms with van der Waals surface area (Å²) in [6.07, 6.45) is 2.80. The highest BCUT2D eigenvalue weighted by atomic mass is 35.5. The molecular weight excluding hydrogens is 564 g/mol. The first-order chi connectivity index (χ1) is 19.5. The number of thioether (sulfide) groups is 1. The van der Waals surface area contributed by atoms with Crippen LogP contribution in [0.2, 0.25) is 5.02 Å². The van der Waals surface area contributed by atoms with Crippen molar-refractivity contribution in [2.24, 2.45) is 0 Å². The van der Waals surface area contributed by atoms with Gasteiger partial charge in [0.1, 0.15) is 6.61 Å². The molecule has 3 aromatic rings. The number of amides is 1. The molecule has 0 saturated heterocycles. The van der Waals surface area contributed by atoms with E-state index >= 15 is 0 Å². The number of likely N-dealkylation sites (N-methyl/N-ethyl adjacent to an activating group) is 1. The number of hydrogen-bond acceptors (Lipinski definition) is 8. The topological polar surface area (TPSA) is 114 Å². The van der Waals surface area contributed by atoms with Gasteiger partial charge in [-0.3, -0.25) is 14.4 Å². The first-order valence-corrected chi connectivity index (χ1v) is 15.5. The third-order valence-electron chi connectivity index (χ3n) is 7.55. The lowest BCUT2D eigenvalue weighted by molar-refractivity contribution is -0.144. The Balaban J connectivity index is 1.89. The number of rotatable bonds is 12. The minimum Gasteiger partial charge on any atom is -0.461 e. The molecule has 3 heterocycles. The summed E-state index contributed by atoms with van der Waals surface area (Å²) in [6.45, 7) is 4.55. The summed E-state index contributed by atoms with van der Waals surface area (Å²) in [4.78, 5) is 46.7. The number of aromatic nitrogens is 2. The molecule has 11 heteroatoms. The SMILES string of the molecule is CCc1c2c(nc3cc(Cl)ccc13)-c1cc([C@@](O)(CC)C(=O)NCCN(C)C)c(COC(=O)CCSC)c(=O)n1C2. The predicted molar refractivity (Wildman–Crippen MR) is 163 cm³/mol.